The second-order valence-electron chi connectivity index (χ2n) is 2.23. The van der Waals surface area contributed by atoms with Crippen LogP contribution in [0.1, 0.15) is 19.3 Å². The number of hydrogen-bond donors (Lipinski definition) is 0. The van der Waals surface area contributed by atoms with Gasteiger partial charge in [-0.25, -0.2) is 0 Å². The van der Waals surface area contributed by atoms with E-state index < -0.39 is 0 Å². The predicted molar refractivity (Wildman–Crippen MR) is 35.6 cm³/mol. The Labute approximate surface area is 55.3 Å². The topological polar surface area (TPSA) is 23.8 Å². The van der Waals surface area contributed by atoms with Gasteiger partial charge in [-0.2, -0.15) is 5.26 Å². The maximum Gasteiger partial charge on any atom is 0.0621 e. The van der Waals surface area contributed by atoms with Crippen molar-refractivity contribution in [2.75, 3.05) is 0 Å². The van der Waals surface area contributed by atoms with E-state index in [2.05, 4.69) is 17.9 Å². The number of allylic oxidation sites excluding steroid dienone is 1. The normalized spacial score (nSPS) is 22.3. The van der Waals surface area contributed by atoms with Gasteiger partial charge in [-0.15, -0.1) is 5.73 Å². The van der Waals surface area contributed by atoms with Gasteiger partial charge in [0.15, 0.2) is 0 Å². The smallest absolute Gasteiger partial charge is 0.0621 e. The van der Waals surface area contributed by atoms with Crippen LogP contribution in [0, 0.1) is 17.2 Å². The Hall–Kier alpha value is -0.990. The SMILES string of the molecule is N#CCCC1C=C=CC1. The van der Waals surface area contributed by atoms with E-state index in [4.69, 9.17) is 5.26 Å². The molecule has 1 heteroatoms. The lowest BCUT2D eigenvalue weighted by Crippen LogP contribution is -1.89. The molecule has 0 fully saturated rings. The fourth-order valence-corrected chi connectivity index (χ4v) is 0.943. The molecule has 1 aliphatic rings. The number of rotatable bonds is 2. The average Bonchev–Trinajstić information content (AvgIpc) is 2.34. The fraction of sp³-hybridized carbons (Fsp3) is 0.500. The zero-order chi connectivity index (χ0) is 6.53. The minimum atomic E-state index is 0.602. The van der Waals surface area contributed by atoms with Crippen molar-refractivity contribution in [3.63, 3.8) is 0 Å². The highest BCUT2D eigenvalue weighted by Crippen LogP contribution is 2.16. The maximum atomic E-state index is 8.23. The Morgan fingerprint density at radius 2 is 2.67 bits per heavy atom. The van der Waals surface area contributed by atoms with Gasteiger partial charge in [0.05, 0.1) is 6.07 Å². The summed E-state index contributed by atoms with van der Waals surface area (Å²) >= 11 is 0. The van der Waals surface area contributed by atoms with Crippen LogP contribution in [0.2, 0.25) is 0 Å². The molecule has 1 unspecified atom stereocenters. The molecule has 9 heavy (non-hydrogen) atoms. The Morgan fingerprint density at radius 3 is 3.22 bits per heavy atom. The lowest BCUT2D eigenvalue weighted by atomic mass is 10.0. The van der Waals surface area contributed by atoms with Crippen molar-refractivity contribution in [3.8, 4) is 6.07 Å². The van der Waals surface area contributed by atoms with Crippen LogP contribution in [0.5, 0.6) is 0 Å². The number of hydrogen-bond acceptors (Lipinski definition) is 1. The monoisotopic (exact) mass is 119 g/mol. The second kappa shape index (κ2) is 3.12. The summed E-state index contributed by atoms with van der Waals surface area (Å²) in [6, 6.07) is 2.13. The first kappa shape index (κ1) is 6.13. The van der Waals surface area contributed by atoms with Gasteiger partial charge in [-0.05, 0) is 30.9 Å². The summed E-state index contributed by atoms with van der Waals surface area (Å²) in [6.45, 7) is 0. The molecule has 1 aliphatic carbocycles. The summed E-state index contributed by atoms with van der Waals surface area (Å²) in [4.78, 5) is 0. The lowest BCUT2D eigenvalue weighted by Gasteiger charge is -1.99. The van der Waals surface area contributed by atoms with E-state index in [0.717, 1.165) is 12.8 Å². The highest BCUT2D eigenvalue weighted by molar-refractivity contribution is 5.00. The molecule has 0 spiro atoms. The van der Waals surface area contributed by atoms with Crippen LogP contribution in [-0.2, 0) is 0 Å². The van der Waals surface area contributed by atoms with Crippen molar-refractivity contribution >= 4 is 0 Å². The van der Waals surface area contributed by atoms with Crippen molar-refractivity contribution in [1.82, 2.24) is 0 Å². The van der Waals surface area contributed by atoms with Crippen LogP contribution in [0.15, 0.2) is 17.9 Å². The van der Waals surface area contributed by atoms with Gasteiger partial charge in [0.2, 0.25) is 0 Å². The van der Waals surface area contributed by atoms with Crippen molar-refractivity contribution in [1.29, 1.82) is 5.26 Å². The van der Waals surface area contributed by atoms with Crippen LogP contribution in [0.3, 0.4) is 0 Å². The van der Waals surface area contributed by atoms with Crippen molar-refractivity contribution in [3.05, 3.63) is 17.9 Å². The molecule has 1 atom stereocenters. The van der Waals surface area contributed by atoms with Crippen LogP contribution in [-0.4, -0.2) is 0 Å². The highest BCUT2D eigenvalue weighted by Gasteiger charge is 2.04. The van der Waals surface area contributed by atoms with E-state index in [1.165, 1.54) is 0 Å². The first-order valence-electron chi connectivity index (χ1n) is 3.21. The maximum absolute atomic E-state index is 8.23. The minimum absolute atomic E-state index is 0.602. The summed E-state index contributed by atoms with van der Waals surface area (Å²) < 4.78 is 0. The third-order valence-electron chi connectivity index (χ3n) is 1.50. The molecule has 0 radical (unpaired) electrons. The standard InChI is InChI=1S/C8H9N/c9-7-3-6-8-4-1-2-5-8/h1,5,8H,3-4,6H2. The zero-order valence-corrected chi connectivity index (χ0v) is 5.30. The molecule has 0 heterocycles. The Morgan fingerprint density at radius 1 is 1.78 bits per heavy atom. The third-order valence-corrected chi connectivity index (χ3v) is 1.50. The third kappa shape index (κ3) is 1.76. The van der Waals surface area contributed by atoms with Crippen LogP contribution in [0.4, 0.5) is 0 Å². The molecule has 1 rings (SSSR count). The van der Waals surface area contributed by atoms with Gasteiger partial charge in [-0.3, -0.25) is 0 Å². The molecule has 1 nitrogen and oxygen atoms in total. The lowest BCUT2D eigenvalue weighted by molar-refractivity contribution is 0.623. The van der Waals surface area contributed by atoms with E-state index in [-0.39, 0.29) is 0 Å². The first-order chi connectivity index (χ1) is 4.43. The fourth-order valence-electron chi connectivity index (χ4n) is 0.943. The molecule has 0 saturated heterocycles. The summed E-state index contributed by atoms with van der Waals surface area (Å²) in [5.74, 6) is 0.602. The van der Waals surface area contributed by atoms with E-state index in [0.29, 0.717) is 12.3 Å². The highest BCUT2D eigenvalue weighted by atomic mass is 14.2. The first-order valence-corrected chi connectivity index (χ1v) is 3.21. The van der Waals surface area contributed by atoms with E-state index in [1.54, 1.807) is 0 Å². The van der Waals surface area contributed by atoms with Crippen molar-refractivity contribution in [2.24, 2.45) is 5.92 Å². The molecule has 0 N–H and O–H groups in total. The van der Waals surface area contributed by atoms with E-state index in [1.807, 2.05) is 6.08 Å². The molecule has 0 bridgehead atoms. The van der Waals surface area contributed by atoms with Gasteiger partial charge in [0.25, 0.3) is 0 Å². The van der Waals surface area contributed by atoms with Crippen molar-refractivity contribution < 1.29 is 0 Å². The molecule has 0 saturated carbocycles. The molecular weight excluding hydrogens is 110 g/mol. The minimum Gasteiger partial charge on any atom is -0.198 e. The molecule has 0 aromatic heterocycles. The molecule has 46 valence electrons. The van der Waals surface area contributed by atoms with Crippen LogP contribution in [0.25, 0.3) is 0 Å². The molecule has 0 aromatic carbocycles. The van der Waals surface area contributed by atoms with Crippen molar-refractivity contribution in [2.45, 2.75) is 19.3 Å². The zero-order valence-electron chi connectivity index (χ0n) is 5.30. The summed E-state index contributed by atoms with van der Waals surface area (Å²) in [5, 5.41) is 8.23. The Bertz CT molecular complexity index is 179. The van der Waals surface area contributed by atoms with Gasteiger partial charge < -0.3 is 0 Å². The summed E-state index contributed by atoms with van der Waals surface area (Å²) in [7, 11) is 0. The predicted octanol–water partition coefficient (Wildman–Crippen LogP) is 2.02. The molecular formula is C8H9N. The van der Waals surface area contributed by atoms with Gasteiger partial charge in [0, 0.05) is 6.42 Å². The van der Waals surface area contributed by atoms with Crippen LogP contribution >= 0.6 is 0 Å². The van der Waals surface area contributed by atoms with E-state index in [9.17, 15) is 0 Å². The molecule has 0 aromatic rings. The Kier molecular flexibility index (Phi) is 2.13. The summed E-state index contributed by atoms with van der Waals surface area (Å²) in [6.07, 6.45) is 6.84. The van der Waals surface area contributed by atoms with Crippen LogP contribution < -0.4 is 0 Å². The number of nitrogens with zero attached hydrogens (tertiary/aromatic N) is 1. The van der Waals surface area contributed by atoms with Gasteiger partial charge in [-0.1, -0.05) is 0 Å². The average molecular weight is 119 g/mol. The number of nitriles is 1. The van der Waals surface area contributed by atoms with E-state index >= 15 is 0 Å². The molecule has 0 aliphatic heterocycles. The molecule has 0 amide bonds. The van der Waals surface area contributed by atoms with Gasteiger partial charge in [0.1, 0.15) is 0 Å². The van der Waals surface area contributed by atoms with Gasteiger partial charge >= 0.3 is 0 Å². The quantitative estimate of drug-likeness (QED) is 0.510. The largest absolute Gasteiger partial charge is 0.198 e. The summed E-state index contributed by atoms with van der Waals surface area (Å²) in [5.41, 5.74) is 3.02. The second-order valence-corrected chi connectivity index (χ2v) is 2.23. The Balaban J connectivity index is 2.18.